The third-order valence-corrected chi connectivity index (χ3v) is 6.17. The molecule has 0 unspecified atom stereocenters. The average molecular weight is 404 g/mol. The molecule has 2 aromatic carbocycles. The van der Waals surface area contributed by atoms with Crippen LogP contribution in [0, 0.1) is 13.8 Å². The van der Waals surface area contributed by atoms with Crippen molar-refractivity contribution in [1.29, 1.82) is 0 Å². The molecule has 5 rings (SSSR count). The predicted octanol–water partition coefficient (Wildman–Crippen LogP) is 4.66. The van der Waals surface area contributed by atoms with Crippen LogP contribution in [0.2, 0.25) is 0 Å². The van der Waals surface area contributed by atoms with Crippen molar-refractivity contribution < 1.29 is 4.79 Å². The SMILES string of the molecule is Cc1cc(C)cc(NC(=O)N2CCc3c(sc4nc(-c5ccccc5)nn34)C2)c1. The quantitative estimate of drug-likeness (QED) is 0.529. The number of nitrogens with zero attached hydrogens (tertiary/aromatic N) is 4. The third-order valence-electron chi connectivity index (χ3n) is 5.11. The van der Waals surface area contributed by atoms with E-state index in [0.717, 1.165) is 50.2 Å². The number of hydrogen-bond donors (Lipinski definition) is 1. The van der Waals surface area contributed by atoms with Crippen molar-refractivity contribution in [2.45, 2.75) is 26.8 Å². The van der Waals surface area contributed by atoms with Crippen LogP contribution in [-0.4, -0.2) is 32.1 Å². The summed E-state index contributed by atoms with van der Waals surface area (Å²) in [5.41, 5.74) is 5.30. The Labute approximate surface area is 172 Å². The molecule has 3 heterocycles. The molecule has 0 atom stereocenters. The summed E-state index contributed by atoms with van der Waals surface area (Å²) in [6, 6.07) is 16.0. The van der Waals surface area contributed by atoms with Gasteiger partial charge in [0.1, 0.15) is 0 Å². The maximum Gasteiger partial charge on any atom is 0.322 e. The topological polar surface area (TPSA) is 62.5 Å². The number of aromatic nitrogens is 3. The Morgan fingerprint density at radius 1 is 1.10 bits per heavy atom. The lowest BCUT2D eigenvalue weighted by molar-refractivity contribution is 0.206. The van der Waals surface area contributed by atoms with E-state index in [-0.39, 0.29) is 6.03 Å². The number of urea groups is 1. The second-order valence-corrected chi connectivity index (χ2v) is 8.51. The van der Waals surface area contributed by atoms with E-state index >= 15 is 0 Å². The molecule has 6 nitrogen and oxygen atoms in total. The Morgan fingerprint density at radius 3 is 2.62 bits per heavy atom. The van der Waals surface area contributed by atoms with Crippen LogP contribution in [0.15, 0.2) is 48.5 Å². The number of aryl methyl sites for hydroxylation is 2. The molecule has 7 heteroatoms. The molecule has 146 valence electrons. The van der Waals surface area contributed by atoms with Gasteiger partial charge in [0.05, 0.1) is 12.2 Å². The highest BCUT2D eigenvalue weighted by Crippen LogP contribution is 2.30. The minimum absolute atomic E-state index is 0.0652. The molecule has 1 aliphatic rings. The molecule has 2 amide bonds. The number of amides is 2. The maximum absolute atomic E-state index is 12.8. The van der Waals surface area contributed by atoms with E-state index < -0.39 is 0 Å². The number of benzene rings is 2. The van der Waals surface area contributed by atoms with Crippen LogP contribution >= 0.6 is 11.3 Å². The first-order valence-corrected chi connectivity index (χ1v) is 10.5. The lowest BCUT2D eigenvalue weighted by Crippen LogP contribution is -2.38. The molecule has 1 aliphatic heterocycles. The summed E-state index contributed by atoms with van der Waals surface area (Å²) in [5.74, 6) is 0.745. The predicted molar refractivity (Wildman–Crippen MR) is 115 cm³/mol. The van der Waals surface area contributed by atoms with Gasteiger partial charge in [0.15, 0.2) is 5.82 Å². The van der Waals surface area contributed by atoms with E-state index in [4.69, 9.17) is 10.1 Å². The zero-order chi connectivity index (χ0) is 20.0. The van der Waals surface area contributed by atoms with Gasteiger partial charge in [-0.3, -0.25) is 0 Å². The summed E-state index contributed by atoms with van der Waals surface area (Å²) < 4.78 is 1.95. The van der Waals surface area contributed by atoms with E-state index in [0.29, 0.717) is 13.1 Å². The van der Waals surface area contributed by atoms with Crippen LogP contribution in [0.4, 0.5) is 10.5 Å². The first kappa shape index (κ1) is 17.9. The van der Waals surface area contributed by atoms with Gasteiger partial charge in [-0.1, -0.05) is 47.7 Å². The van der Waals surface area contributed by atoms with Gasteiger partial charge in [0.2, 0.25) is 4.96 Å². The zero-order valence-corrected chi connectivity index (χ0v) is 17.2. The van der Waals surface area contributed by atoms with Crippen LogP contribution in [0.25, 0.3) is 16.3 Å². The Kier molecular flexibility index (Phi) is 4.32. The van der Waals surface area contributed by atoms with Crippen molar-refractivity contribution in [3.63, 3.8) is 0 Å². The van der Waals surface area contributed by atoms with Crippen molar-refractivity contribution in [2.24, 2.45) is 0 Å². The third kappa shape index (κ3) is 3.38. The van der Waals surface area contributed by atoms with E-state index in [1.165, 1.54) is 0 Å². The molecule has 0 saturated heterocycles. The highest BCUT2D eigenvalue weighted by molar-refractivity contribution is 7.17. The van der Waals surface area contributed by atoms with Crippen LogP contribution in [0.3, 0.4) is 0 Å². The summed E-state index contributed by atoms with van der Waals surface area (Å²) >= 11 is 1.62. The van der Waals surface area contributed by atoms with E-state index in [1.807, 2.05) is 65.7 Å². The van der Waals surface area contributed by atoms with Crippen LogP contribution in [0.5, 0.6) is 0 Å². The van der Waals surface area contributed by atoms with Crippen molar-refractivity contribution in [1.82, 2.24) is 19.5 Å². The molecule has 0 fully saturated rings. The summed E-state index contributed by atoms with van der Waals surface area (Å²) in [5, 5.41) is 7.75. The Hall–Kier alpha value is -3.19. The molecule has 0 bridgehead atoms. The molecular weight excluding hydrogens is 382 g/mol. The molecule has 2 aromatic heterocycles. The minimum Gasteiger partial charge on any atom is -0.319 e. The second kappa shape index (κ2) is 7.00. The van der Waals surface area contributed by atoms with E-state index in [1.54, 1.807) is 11.3 Å². The zero-order valence-electron chi connectivity index (χ0n) is 16.3. The van der Waals surface area contributed by atoms with E-state index in [2.05, 4.69) is 11.4 Å². The highest BCUT2D eigenvalue weighted by Gasteiger charge is 2.26. The largest absolute Gasteiger partial charge is 0.322 e. The number of carbonyl (C=O) groups is 1. The monoisotopic (exact) mass is 403 g/mol. The Bertz CT molecular complexity index is 1190. The summed E-state index contributed by atoms with van der Waals surface area (Å²) in [4.78, 5) is 21.4. The lowest BCUT2D eigenvalue weighted by atomic mass is 10.1. The van der Waals surface area contributed by atoms with E-state index in [9.17, 15) is 4.79 Å². The maximum atomic E-state index is 12.8. The molecule has 0 radical (unpaired) electrons. The first-order valence-electron chi connectivity index (χ1n) is 9.64. The molecule has 0 aliphatic carbocycles. The minimum atomic E-state index is -0.0652. The van der Waals surface area contributed by atoms with Gasteiger partial charge in [-0.15, -0.1) is 5.10 Å². The van der Waals surface area contributed by atoms with Crippen molar-refractivity contribution in [3.05, 3.63) is 70.2 Å². The van der Waals surface area contributed by atoms with Crippen molar-refractivity contribution in [2.75, 3.05) is 11.9 Å². The van der Waals surface area contributed by atoms with Crippen LogP contribution in [0.1, 0.15) is 21.7 Å². The van der Waals surface area contributed by atoms with Gasteiger partial charge < -0.3 is 10.2 Å². The van der Waals surface area contributed by atoms with Crippen molar-refractivity contribution >= 4 is 28.0 Å². The first-order chi connectivity index (χ1) is 14.1. The highest BCUT2D eigenvalue weighted by atomic mass is 32.1. The number of hydrogen-bond acceptors (Lipinski definition) is 4. The summed E-state index contributed by atoms with van der Waals surface area (Å²) in [6.45, 7) is 5.32. The molecule has 29 heavy (non-hydrogen) atoms. The lowest BCUT2D eigenvalue weighted by Gasteiger charge is -2.26. The van der Waals surface area contributed by atoms with Crippen molar-refractivity contribution in [3.8, 4) is 11.4 Å². The number of nitrogens with one attached hydrogen (secondary N) is 1. The number of thiazole rings is 1. The fourth-order valence-corrected chi connectivity index (χ4v) is 4.94. The summed E-state index contributed by atoms with van der Waals surface area (Å²) in [7, 11) is 0. The van der Waals surface area contributed by atoms with Gasteiger partial charge in [0, 0.05) is 29.1 Å². The average Bonchev–Trinajstić information content (AvgIpc) is 3.25. The smallest absolute Gasteiger partial charge is 0.319 e. The number of anilines is 1. The van der Waals surface area contributed by atoms with Gasteiger partial charge in [-0.2, -0.15) is 4.98 Å². The standard InChI is InChI=1S/C22H21N5OS/c1-14-10-15(2)12-17(11-14)23-21(28)26-9-8-18-19(13-26)29-22-24-20(25-27(18)22)16-6-4-3-5-7-16/h3-7,10-12H,8-9,13H2,1-2H3,(H,23,28). The van der Waals surface area contributed by atoms with Crippen LogP contribution < -0.4 is 5.32 Å². The number of fused-ring (bicyclic) bond motifs is 3. The fraction of sp³-hybridized carbons (Fsp3) is 0.227. The normalized spacial score (nSPS) is 13.5. The number of carbonyl (C=O) groups excluding carboxylic acids is 1. The second-order valence-electron chi connectivity index (χ2n) is 7.45. The molecule has 0 spiro atoms. The van der Waals surface area contributed by atoms with Gasteiger partial charge in [-0.05, 0) is 37.1 Å². The molecule has 1 N–H and O–H groups in total. The van der Waals surface area contributed by atoms with Gasteiger partial charge in [0.25, 0.3) is 0 Å². The number of rotatable bonds is 2. The van der Waals surface area contributed by atoms with Crippen LogP contribution in [-0.2, 0) is 13.0 Å². The Morgan fingerprint density at radius 2 is 1.86 bits per heavy atom. The fourth-order valence-electron chi connectivity index (χ4n) is 3.82. The summed E-state index contributed by atoms with van der Waals surface area (Å²) in [6.07, 6.45) is 0.771. The molecule has 0 saturated carbocycles. The molecular formula is C22H21N5OS. The Balaban J connectivity index is 1.36. The van der Waals surface area contributed by atoms with Gasteiger partial charge in [-0.25, -0.2) is 9.31 Å². The molecule has 4 aromatic rings. The van der Waals surface area contributed by atoms with Gasteiger partial charge >= 0.3 is 6.03 Å².